The normalized spacial score (nSPS) is 16.4. The number of hydrogen-bond acceptors (Lipinski definition) is 6. The molecule has 0 saturated heterocycles. The number of ether oxygens (including phenoxy) is 1. The number of carbonyl (C=O) groups excluding carboxylic acids is 3. The number of benzene rings is 1. The largest absolute Gasteiger partial charge is 0.462 e. The predicted molar refractivity (Wildman–Crippen MR) is 147 cm³/mol. The highest BCUT2D eigenvalue weighted by molar-refractivity contribution is 8.00. The van der Waals surface area contributed by atoms with Gasteiger partial charge in [0, 0.05) is 21.4 Å². The molecule has 2 aromatic rings. The second-order valence-corrected chi connectivity index (χ2v) is 11.7. The summed E-state index contributed by atoms with van der Waals surface area (Å²) in [6.07, 6.45) is 11.7. The van der Waals surface area contributed by atoms with Crippen molar-refractivity contribution in [2.45, 2.75) is 82.4 Å². The van der Waals surface area contributed by atoms with Crippen LogP contribution in [0.4, 0.5) is 10.7 Å². The van der Waals surface area contributed by atoms with E-state index in [-0.39, 0.29) is 29.5 Å². The highest BCUT2D eigenvalue weighted by atomic mass is 32.2. The Hall–Kier alpha value is -2.32. The molecule has 194 valence electrons. The Labute approximate surface area is 222 Å². The molecule has 6 nitrogen and oxygen atoms in total. The molecule has 0 radical (unpaired) electrons. The molecule has 1 fully saturated rings. The van der Waals surface area contributed by atoms with Crippen molar-refractivity contribution in [1.29, 1.82) is 0 Å². The van der Waals surface area contributed by atoms with Gasteiger partial charge in [0.2, 0.25) is 11.8 Å². The molecule has 1 aromatic carbocycles. The molecule has 8 heteroatoms. The Bertz CT molecular complexity index is 1080. The van der Waals surface area contributed by atoms with E-state index in [0.29, 0.717) is 17.2 Å². The smallest absolute Gasteiger partial charge is 0.341 e. The predicted octanol–water partition coefficient (Wildman–Crippen LogP) is 6.83. The lowest BCUT2D eigenvalue weighted by Crippen LogP contribution is -2.24. The second-order valence-electron chi connectivity index (χ2n) is 9.53. The molecule has 0 bridgehead atoms. The lowest BCUT2D eigenvalue weighted by atomic mass is 9.88. The van der Waals surface area contributed by atoms with Gasteiger partial charge < -0.3 is 15.4 Å². The van der Waals surface area contributed by atoms with Gasteiger partial charge in [0.25, 0.3) is 0 Å². The van der Waals surface area contributed by atoms with Gasteiger partial charge in [-0.25, -0.2) is 4.79 Å². The summed E-state index contributed by atoms with van der Waals surface area (Å²) in [5, 5.41) is 6.65. The van der Waals surface area contributed by atoms with Gasteiger partial charge in [-0.15, -0.1) is 23.1 Å². The molecule has 0 unspecified atom stereocenters. The van der Waals surface area contributed by atoms with Gasteiger partial charge in [0.05, 0.1) is 17.9 Å². The van der Waals surface area contributed by atoms with E-state index < -0.39 is 0 Å². The molecular formula is C28H36N2O4S2. The van der Waals surface area contributed by atoms with Crippen LogP contribution in [0.3, 0.4) is 0 Å². The Morgan fingerprint density at radius 2 is 1.75 bits per heavy atom. The zero-order valence-electron chi connectivity index (χ0n) is 21.0. The average Bonchev–Trinajstić information content (AvgIpc) is 3.19. The molecule has 2 N–H and O–H groups in total. The van der Waals surface area contributed by atoms with Gasteiger partial charge in [-0.2, -0.15) is 0 Å². The fraction of sp³-hybridized carbons (Fsp3) is 0.536. The van der Waals surface area contributed by atoms with Gasteiger partial charge in [-0.05, 0) is 69.2 Å². The number of rotatable bonds is 8. The summed E-state index contributed by atoms with van der Waals surface area (Å²) in [4.78, 5) is 40.4. The van der Waals surface area contributed by atoms with Gasteiger partial charge in [-0.1, -0.05) is 38.2 Å². The molecular weight excluding hydrogens is 492 g/mol. The molecule has 2 aliphatic rings. The quantitative estimate of drug-likeness (QED) is 0.290. The Morgan fingerprint density at radius 1 is 1.00 bits per heavy atom. The standard InChI is InChI=1S/C28H36N2O4S2/c1-2-34-28(33)25-22-15-8-3-4-9-16-23(22)36-27(25)30-24(31)18-35-21-14-10-13-20(17-21)29-26(32)19-11-6-5-7-12-19/h10,13-14,17,19H,2-9,11-12,15-16,18H2,1H3,(H,29,32)(H,30,31). The summed E-state index contributed by atoms with van der Waals surface area (Å²) in [6.45, 7) is 2.11. The van der Waals surface area contributed by atoms with Crippen molar-refractivity contribution in [3.63, 3.8) is 0 Å². The lowest BCUT2D eigenvalue weighted by molar-refractivity contribution is -0.120. The van der Waals surface area contributed by atoms with Gasteiger partial charge >= 0.3 is 5.97 Å². The van der Waals surface area contributed by atoms with E-state index in [1.807, 2.05) is 24.3 Å². The van der Waals surface area contributed by atoms with Crippen molar-refractivity contribution >= 4 is 51.6 Å². The zero-order chi connectivity index (χ0) is 25.3. The number of carbonyl (C=O) groups is 3. The Kier molecular flexibility index (Phi) is 9.87. The highest BCUT2D eigenvalue weighted by Gasteiger charge is 2.26. The van der Waals surface area contributed by atoms with Crippen LogP contribution in [0.5, 0.6) is 0 Å². The van der Waals surface area contributed by atoms with Crippen LogP contribution in [0.1, 0.15) is 85.5 Å². The van der Waals surface area contributed by atoms with Crippen molar-refractivity contribution in [3.8, 4) is 0 Å². The van der Waals surface area contributed by atoms with Gasteiger partial charge in [-0.3, -0.25) is 9.59 Å². The van der Waals surface area contributed by atoms with E-state index in [0.717, 1.165) is 73.9 Å². The SMILES string of the molecule is CCOC(=O)c1c(NC(=O)CSc2cccc(NC(=O)C3CCCCC3)c2)sc2c1CCCCCC2. The minimum absolute atomic E-state index is 0.0920. The summed E-state index contributed by atoms with van der Waals surface area (Å²) in [5.74, 6) is -0.101. The summed E-state index contributed by atoms with van der Waals surface area (Å²) in [6, 6.07) is 7.64. The maximum atomic E-state index is 12.9. The van der Waals surface area contributed by atoms with E-state index in [1.165, 1.54) is 40.8 Å². The van der Waals surface area contributed by atoms with Crippen LogP contribution in [0.2, 0.25) is 0 Å². The van der Waals surface area contributed by atoms with Crippen LogP contribution in [0, 0.1) is 5.92 Å². The molecule has 1 heterocycles. The number of thioether (sulfide) groups is 1. The highest BCUT2D eigenvalue weighted by Crippen LogP contribution is 2.38. The second kappa shape index (κ2) is 13.3. The summed E-state index contributed by atoms with van der Waals surface area (Å²) in [5.41, 5.74) is 2.37. The lowest BCUT2D eigenvalue weighted by Gasteiger charge is -2.20. The molecule has 0 spiro atoms. The first-order chi connectivity index (χ1) is 17.5. The molecule has 0 atom stereocenters. The first-order valence-corrected chi connectivity index (χ1v) is 15.0. The molecule has 2 amide bonds. The van der Waals surface area contributed by atoms with E-state index in [2.05, 4.69) is 10.6 Å². The first-order valence-electron chi connectivity index (χ1n) is 13.2. The van der Waals surface area contributed by atoms with Crippen LogP contribution < -0.4 is 10.6 Å². The van der Waals surface area contributed by atoms with Crippen LogP contribution in [0.15, 0.2) is 29.2 Å². The van der Waals surface area contributed by atoms with Crippen molar-refractivity contribution in [2.24, 2.45) is 5.92 Å². The number of anilines is 2. The summed E-state index contributed by atoms with van der Waals surface area (Å²) in [7, 11) is 0. The zero-order valence-corrected chi connectivity index (χ0v) is 22.7. The van der Waals surface area contributed by atoms with E-state index in [1.54, 1.807) is 6.92 Å². The molecule has 0 aliphatic heterocycles. The minimum Gasteiger partial charge on any atom is -0.462 e. The van der Waals surface area contributed by atoms with Gasteiger partial charge in [0.1, 0.15) is 5.00 Å². The molecule has 1 aromatic heterocycles. The van der Waals surface area contributed by atoms with Crippen molar-refractivity contribution < 1.29 is 19.1 Å². The monoisotopic (exact) mass is 528 g/mol. The van der Waals surface area contributed by atoms with Crippen LogP contribution in [-0.4, -0.2) is 30.1 Å². The third-order valence-corrected chi connectivity index (χ3v) is 9.05. The summed E-state index contributed by atoms with van der Waals surface area (Å²) >= 11 is 2.94. The van der Waals surface area contributed by atoms with Crippen molar-refractivity contribution in [1.82, 2.24) is 0 Å². The molecule has 4 rings (SSSR count). The number of amides is 2. The van der Waals surface area contributed by atoms with Crippen molar-refractivity contribution in [2.75, 3.05) is 23.0 Å². The summed E-state index contributed by atoms with van der Waals surface area (Å²) < 4.78 is 5.34. The molecule has 1 saturated carbocycles. The number of nitrogens with one attached hydrogen (secondary N) is 2. The maximum absolute atomic E-state index is 12.9. The fourth-order valence-electron chi connectivity index (χ4n) is 5.01. The van der Waals surface area contributed by atoms with E-state index >= 15 is 0 Å². The van der Waals surface area contributed by atoms with Crippen LogP contribution >= 0.6 is 23.1 Å². The van der Waals surface area contributed by atoms with E-state index in [4.69, 9.17) is 4.74 Å². The minimum atomic E-state index is -0.347. The van der Waals surface area contributed by atoms with E-state index in [9.17, 15) is 14.4 Å². The average molecular weight is 529 g/mol. The number of esters is 1. The number of hydrogen-bond donors (Lipinski definition) is 2. The maximum Gasteiger partial charge on any atom is 0.341 e. The Morgan fingerprint density at radius 3 is 2.53 bits per heavy atom. The third-order valence-electron chi connectivity index (χ3n) is 6.85. The van der Waals surface area contributed by atoms with Crippen LogP contribution in [0.25, 0.3) is 0 Å². The number of aryl methyl sites for hydroxylation is 1. The molecule has 36 heavy (non-hydrogen) atoms. The van der Waals surface area contributed by atoms with Gasteiger partial charge in [0.15, 0.2) is 0 Å². The number of thiophene rings is 1. The van der Waals surface area contributed by atoms with Crippen LogP contribution in [-0.2, 0) is 27.2 Å². The third kappa shape index (κ3) is 7.13. The van der Waals surface area contributed by atoms with Crippen molar-refractivity contribution in [3.05, 3.63) is 40.3 Å². The topological polar surface area (TPSA) is 84.5 Å². The Balaban J connectivity index is 1.39. The number of fused-ring (bicyclic) bond motifs is 1. The fourth-order valence-corrected chi connectivity index (χ4v) is 7.06. The molecule has 2 aliphatic carbocycles. The first kappa shape index (κ1) is 26.7.